The van der Waals surface area contributed by atoms with Gasteiger partial charge in [0.2, 0.25) is 0 Å². The quantitative estimate of drug-likeness (QED) is 0.842. The highest BCUT2D eigenvalue weighted by Crippen LogP contribution is 2.22. The molecule has 0 heterocycles. The molecule has 1 atom stereocenters. The average molecular weight is 320 g/mol. The number of carbonyl (C=O) groups is 1. The van der Waals surface area contributed by atoms with Crippen LogP contribution >= 0.6 is 10.7 Å². The predicted octanol–water partition coefficient (Wildman–Crippen LogP) is 2.00. The second-order valence-electron chi connectivity index (χ2n) is 4.68. The van der Waals surface area contributed by atoms with Gasteiger partial charge >= 0.3 is 0 Å². The number of methoxy groups -OCH3 is 1. The topological polar surface area (TPSA) is 72.5 Å². The Morgan fingerprint density at radius 3 is 2.50 bits per heavy atom. The van der Waals surface area contributed by atoms with Crippen molar-refractivity contribution in [2.75, 3.05) is 13.7 Å². The summed E-state index contributed by atoms with van der Waals surface area (Å²) in [6.45, 7) is 5.66. The molecule has 1 aromatic carbocycles. The van der Waals surface area contributed by atoms with E-state index < -0.39 is 9.05 Å². The zero-order chi connectivity index (χ0) is 15.5. The van der Waals surface area contributed by atoms with Crippen LogP contribution in [-0.2, 0) is 13.8 Å². The summed E-state index contributed by atoms with van der Waals surface area (Å²) in [7, 11) is 3.01. The van der Waals surface area contributed by atoms with Crippen molar-refractivity contribution >= 4 is 25.6 Å². The molecule has 0 fully saturated rings. The third-order valence-electron chi connectivity index (χ3n) is 2.96. The lowest BCUT2D eigenvalue weighted by atomic mass is 10.0. The number of hydrogen-bond donors (Lipinski definition) is 1. The molecule has 1 aromatic rings. The van der Waals surface area contributed by atoms with Gasteiger partial charge in [-0.3, -0.25) is 4.79 Å². The van der Waals surface area contributed by atoms with Crippen molar-refractivity contribution in [1.82, 2.24) is 5.32 Å². The Kier molecular flexibility index (Phi) is 5.56. The van der Waals surface area contributed by atoms with Crippen LogP contribution in [0.3, 0.4) is 0 Å². The fraction of sp³-hybridized carbons (Fsp3) is 0.462. The Morgan fingerprint density at radius 1 is 1.40 bits per heavy atom. The van der Waals surface area contributed by atoms with Gasteiger partial charge in [0, 0.05) is 29.4 Å². The van der Waals surface area contributed by atoms with Crippen LogP contribution in [0.15, 0.2) is 17.0 Å². The minimum absolute atomic E-state index is 0.0770. The standard InChI is InChI=1S/C13H18ClNO4S/c1-8-5-11(20(14,17)18)6-12(10(8)3)13(16)15-9(2)7-19-4/h5-6,9H,7H2,1-4H3,(H,15,16). The molecular weight excluding hydrogens is 302 g/mol. The van der Waals surface area contributed by atoms with Crippen LogP contribution in [0.4, 0.5) is 0 Å². The molecule has 1 amide bonds. The molecule has 1 rings (SSSR count). The molecule has 1 N–H and O–H groups in total. The fourth-order valence-corrected chi connectivity index (χ4v) is 2.64. The first-order valence-electron chi connectivity index (χ1n) is 6.02. The van der Waals surface area contributed by atoms with Crippen molar-refractivity contribution < 1.29 is 17.9 Å². The van der Waals surface area contributed by atoms with E-state index in [9.17, 15) is 13.2 Å². The van der Waals surface area contributed by atoms with Gasteiger partial charge in [-0.15, -0.1) is 0 Å². The Morgan fingerprint density at radius 2 is 2.00 bits per heavy atom. The molecule has 0 aromatic heterocycles. The molecule has 20 heavy (non-hydrogen) atoms. The molecule has 0 radical (unpaired) electrons. The van der Waals surface area contributed by atoms with E-state index in [-0.39, 0.29) is 16.8 Å². The van der Waals surface area contributed by atoms with Gasteiger partial charge in [0.25, 0.3) is 15.0 Å². The van der Waals surface area contributed by atoms with Gasteiger partial charge in [0.15, 0.2) is 0 Å². The summed E-state index contributed by atoms with van der Waals surface area (Å²) in [5.74, 6) is -0.350. The maximum Gasteiger partial charge on any atom is 0.261 e. The molecule has 0 saturated carbocycles. The molecule has 5 nitrogen and oxygen atoms in total. The Hall–Kier alpha value is -1.11. The molecule has 1 unspecified atom stereocenters. The Labute approximate surface area is 123 Å². The Bertz CT molecular complexity index is 613. The van der Waals surface area contributed by atoms with Crippen LogP contribution in [-0.4, -0.2) is 34.1 Å². The molecule has 7 heteroatoms. The maximum atomic E-state index is 12.2. The van der Waals surface area contributed by atoms with Gasteiger partial charge in [-0.2, -0.15) is 0 Å². The molecule has 0 aliphatic heterocycles. The summed E-state index contributed by atoms with van der Waals surface area (Å²) in [5.41, 5.74) is 1.71. The second-order valence-corrected chi connectivity index (χ2v) is 7.25. The van der Waals surface area contributed by atoms with Crippen molar-refractivity contribution in [3.05, 3.63) is 28.8 Å². The van der Waals surface area contributed by atoms with Crippen LogP contribution in [0.1, 0.15) is 28.4 Å². The first-order chi connectivity index (χ1) is 9.16. The lowest BCUT2D eigenvalue weighted by Gasteiger charge is -2.15. The van der Waals surface area contributed by atoms with Gasteiger partial charge in [-0.05, 0) is 44.0 Å². The third kappa shape index (κ3) is 4.19. The van der Waals surface area contributed by atoms with Crippen molar-refractivity contribution in [1.29, 1.82) is 0 Å². The number of hydrogen-bond acceptors (Lipinski definition) is 4. The van der Waals surface area contributed by atoms with Crippen molar-refractivity contribution in [2.45, 2.75) is 31.7 Å². The number of aryl methyl sites for hydroxylation is 1. The van der Waals surface area contributed by atoms with E-state index in [4.69, 9.17) is 15.4 Å². The second kappa shape index (κ2) is 6.56. The summed E-state index contributed by atoms with van der Waals surface area (Å²) in [6.07, 6.45) is 0. The molecule has 112 valence electrons. The smallest absolute Gasteiger partial charge is 0.261 e. The highest BCUT2D eigenvalue weighted by molar-refractivity contribution is 8.13. The van der Waals surface area contributed by atoms with E-state index >= 15 is 0 Å². The third-order valence-corrected chi connectivity index (χ3v) is 4.29. The van der Waals surface area contributed by atoms with Gasteiger partial charge in [0.05, 0.1) is 11.5 Å². The normalized spacial score (nSPS) is 13.1. The lowest BCUT2D eigenvalue weighted by Crippen LogP contribution is -2.36. The van der Waals surface area contributed by atoms with E-state index in [0.29, 0.717) is 17.7 Å². The van der Waals surface area contributed by atoms with E-state index in [1.54, 1.807) is 27.9 Å². The minimum Gasteiger partial charge on any atom is -0.383 e. The highest BCUT2D eigenvalue weighted by Gasteiger charge is 2.19. The number of nitrogens with one attached hydrogen (secondary N) is 1. The van der Waals surface area contributed by atoms with E-state index in [1.807, 2.05) is 0 Å². The van der Waals surface area contributed by atoms with E-state index in [0.717, 1.165) is 5.56 Å². The van der Waals surface area contributed by atoms with Crippen LogP contribution in [0.2, 0.25) is 0 Å². The van der Waals surface area contributed by atoms with Gasteiger partial charge in [-0.1, -0.05) is 0 Å². The highest BCUT2D eigenvalue weighted by atomic mass is 35.7. The number of benzene rings is 1. The fourth-order valence-electron chi connectivity index (χ4n) is 1.80. The molecule has 0 bridgehead atoms. The zero-order valence-electron chi connectivity index (χ0n) is 11.9. The van der Waals surface area contributed by atoms with Crippen LogP contribution in [0, 0.1) is 13.8 Å². The average Bonchev–Trinajstić information content (AvgIpc) is 2.31. The number of rotatable bonds is 5. The van der Waals surface area contributed by atoms with Crippen LogP contribution in [0.5, 0.6) is 0 Å². The zero-order valence-corrected chi connectivity index (χ0v) is 13.4. The van der Waals surface area contributed by atoms with E-state index in [2.05, 4.69) is 5.32 Å². The first-order valence-corrected chi connectivity index (χ1v) is 8.33. The molecule has 0 aliphatic carbocycles. The van der Waals surface area contributed by atoms with Crippen LogP contribution in [0.25, 0.3) is 0 Å². The number of carbonyl (C=O) groups excluding carboxylic acids is 1. The minimum atomic E-state index is -3.87. The summed E-state index contributed by atoms with van der Waals surface area (Å²) >= 11 is 0. The molecular formula is C13H18ClNO4S. The molecule has 0 aliphatic rings. The van der Waals surface area contributed by atoms with Crippen molar-refractivity contribution in [3.63, 3.8) is 0 Å². The van der Waals surface area contributed by atoms with Gasteiger partial charge in [-0.25, -0.2) is 8.42 Å². The summed E-state index contributed by atoms with van der Waals surface area (Å²) < 4.78 is 27.8. The SMILES string of the molecule is COCC(C)NC(=O)c1cc(S(=O)(=O)Cl)cc(C)c1C. The molecule has 0 saturated heterocycles. The lowest BCUT2D eigenvalue weighted by molar-refractivity contribution is 0.0904. The maximum absolute atomic E-state index is 12.2. The van der Waals surface area contributed by atoms with E-state index in [1.165, 1.54) is 12.1 Å². The molecule has 0 spiro atoms. The number of ether oxygens (including phenoxy) is 1. The Balaban J connectivity index is 3.17. The van der Waals surface area contributed by atoms with Gasteiger partial charge in [0.1, 0.15) is 0 Å². The summed E-state index contributed by atoms with van der Waals surface area (Å²) in [5, 5.41) is 2.74. The summed E-state index contributed by atoms with van der Waals surface area (Å²) in [6, 6.07) is 2.57. The van der Waals surface area contributed by atoms with Crippen LogP contribution < -0.4 is 5.32 Å². The number of amides is 1. The predicted molar refractivity (Wildman–Crippen MR) is 77.8 cm³/mol. The van der Waals surface area contributed by atoms with Crippen molar-refractivity contribution in [3.8, 4) is 0 Å². The monoisotopic (exact) mass is 319 g/mol. The van der Waals surface area contributed by atoms with Gasteiger partial charge < -0.3 is 10.1 Å². The first kappa shape index (κ1) is 16.9. The largest absolute Gasteiger partial charge is 0.383 e. The number of halogens is 1. The summed E-state index contributed by atoms with van der Waals surface area (Å²) in [4.78, 5) is 12.1. The van der Waals surface area contributed by atoms with Crippen molar-refractivity contribution in [2.24, 2.45) is 0 Å².